The molecule has 0 atom stereocenters. The zero-order valence-electron chi connectivity index (χ0n) is 4.54. The molecule has 0 unspecified atom stereocenters. The van der Waals surface area contributed by atoms with Gasteiger partial charge in [-0.1, -0.05) is 0 Å². The van der Waals surface area contributed by atoms with Crippen molar-refractivity contribution >= 4 is 7.82 Å². The molecule has 0 fully saturated rings. The van der Waals surface area contributed by atoms with Crippen molar-refractivity contribution in [2.24, 2.45) is 0 Å². The van der Waals surface area contributed by atoms with Crippen LogP contribution in [0.2, 0.25) is 0 Å². The van der Waals surface area contributed by atoms with Gasteiger partial charge in [-0.15, -0.1) is 0 Å². The third-order valence-electron chi connectivity index (χ3n) is 0. The Bertz CT molecular complexity index is 113. The second-order valence-corrected chi connectivity index (χ2v) is 1.70. The molecule has 0 rings (SSSR count). The van der Waals surface area contributed by atoms with Crippen LogP contribution in [0.3, 0.4) is 0 Å². The van der Waals surface area contributed by atoms with Crippen LogP contribution >= 0.6 is 7.82 Å². The summed E-state index contributed by atoms with van der Waals surface area (Å²) < 4.78 is 8.77. The predicted molar refractivity (Wildman–Crippen MR) is 22.4 cm³/mol. The summed E-state index contributed by atoms with van der Waals surface area (Å²) in [6.45, 7) is 0. The number of phosphoric acid groups is 1. The molecule has 8 nitrogen and oxygen atoms in total. The van der Waals surface area contributed by atoms with Crippen molar-refractivity contribution in [3.63, 3.8) is 0 Å². The summed E-state index contributed by atoms with van der Waals surface area (Å²) in [6.07, 6.45) is 0. The van der Waals surface area contributed by atoms with Crippen molar-refractivity contribution < 1.29 is 43.8 Å². The van der Waals surface area contributed by atoms with E-state index in [0.717, 1.165) is 0 Å². The second-order valence-electron chi connectivity index (χ2n) is 0.714. The van der Waals surface area contributed by atoms with Gasteiger partial charge < -0.3 is 30.0 Å². The van der Waals surface area contributed by atoms with E-state index in [-0.39, 0.29) is 19.5 Å². The van der Waals surface area contributed by atoms with Gasteiger partial charge in [0.2, 0.25) is 0 Å². The van der Waals surface area contributed by atoms with Crippen LogP contribution in [-0.4, -0.2) is 14.9 Å². The second kappa shape index (κ2) is 7.05. The van der Waals surface area contributed by atoms with E-state index in [4.69, 9.17) is 34.6 Å². The van der Waals surface area contributed by atoms with Gasteiger partial charge in [-0.3, -0.25) is 4.57 Å². The number of nitrogens with zero attached hydrogens (tertiary/aromatic N) is 1. The smallest absolute Gasteiger partial charge is 0.756 e. The molecular formula is H2NO7PZn. The molecule has 0 spiro atoms. The van der Waals surface area contributed by atoms with Crippen LogP contribution < -0.4 is 4.89 Å². The van der Waals surface area contributed by atoms with Gasteiger partial charge in [-0.2, -0.15) is 0 Å². The van der Waals surface area contributed by atoms with Gasteiger partial charge in [0.15, 0.2) is 0 Å². The third-order valence-corrected chi connectivity index (χ3v) is 0. The van der Waals surface area contributed by atoms with Gasteiger partial charge in [-0.25, -0.2) is 0 Å². The fourth-order valence-electron chi connectivity index (χ4n) is 0. The van der Waals surface area contributed by atoms with Crippen molar-refractivity contribution in [3.05, 3.63) is 15.3 Å². The average molecular weight is 224 g/mol. The Morgan fingerprint density at radius 2 is 1.30 bits per heavy atom. The van der Waals surface area contributed by atoms with E-state index in [0.29, 0.717) is 0 Å². The van der Waals surface area contributed by atoms with Crippen LogP contribution in [0.1, 0.15) is 0 Å². The van der Waals surface area contributed by atoms with E-state index < -0.39 is 12.9 Å². The van der Waals surface area contributed by atoms with Gasteiger partial charge in [0.05, 0.1) is 5.09 Å². The number of rotatable bonds is 0. The topological polar surface area (TPSA) is 147 Å². The minimum absolute atomic E-state index is 0. The Balaban J connectivity index is -0.0000000910. The molecule has 56 valence electrons. The maximum Gasteiger partial charge on any atom is 2.00 e. The fraction of sp³-hybridized carbons (Fsp3) is 0. The first-order valence-electron chi connectivity index (χ1n) is 1.31. The molecule has 0 saturated carbocycles. The summed E-state index contributed by atoms with van der Waals surface area (Å²) in [5.74, 6) is 0. The molecule has 0 aromatic heterocycles. The Morgan fingerprint density at radius 1 is 1.30 bits per heavy atom. The van der Waals surface area contributed by atoms with Gasteiger partial charge in [0, 0.05) is 0 Å². The normalized spacial score (nSPS) is 8.30. The van der Waals surface area contributed by atoms with Crippen molar-refractivity contribution in [3.8, 4) is 0 Å². The van der Waals surface area contributed by atoms with Crippen LogP contribution in [0.5, 0.6) is 0 Å². The summed E-state index contributed by atoms with van der Waals surface area (Å²) in [6, 6.07) is 0. The molecule has 0 aromatic carbocycles. The molecule has 10 heteroatoms. The van der Waals surface area contributed by atoms with E-state index in [9.17, 15) is 0 Å². The van der Waals surface area contributed by atoms with Crippen molar-refractivity contribution in [1.82, 2.24) is 0 Å². The maximum atomic E-state index is 8.77. The Morgan fingerprint density at radius 3 is 1.30 bits per heavy atom. The first kappa shape index (κ1) is 16.5. The predicted octanol–water partition coefficient (Wildman–Crippen LogP) is -1.80. The number of hydrogen-bond donors (Lipinski definition) is 2. The van der Waals surface area contributed by atoms with Gasteiger partial charge in [0.1, 0.15) is 0 Å². The molecule has 0 aliphatic rings. The first-order valence-corrected chi connectivity index (χ1v) is 2.84. The van der Waals surface area contributed by atoms with Gasteiger partial charge in [0.25, 0.3) is 7.82 Å². The number of hydrogen-bond acceptors (Lipinski definition) is 5. The first-order chi connectivity index (χ1) is 3.73. The molecule has 2 N–H and O–H groups in total. The molecule has 0 heterocycles. The summed E-state index contributed by atoms with van der Waals surface area (Å²) in [7, 11) is -4.89. The molecular weight excluding hydrogens is 222 g/mol. The van der Waals surface area contributed by atoms with E-state index in [1.807, 2.05) is 0 Å². The minimum Gasteiger partial charge on any atom is -0.756 e. The summed E-state index contributed by atoms with van der Waals surface area (Å²) in [4.78, 5) is 31.2. The zero-order chi connectivity index (χ0) is 8.08. The summed E-state index contributed by atoms with van der Waals surface area (Å²) >= 11 is 0. The molecule has 10 heavy (non-hydrogen) atoms. The largest absolute Gasteiger partial charge is 2.00 e. The van der Waals surface area contributed by atoms with E-state index in [1.54, 1.807) is 0 Å². The molecule has 0 radical (unpaired) electrons. The van der Waals surface area contributed by atoms with E-state index in [2.05, 4.69) is 0 Å². The van der Waals surface area contributed by atoms with E-state index in [1.165, 1.54) is 0 Å². The van der Waals surface area contributed by atoms with Crippen LogP contribution in [0, 0.1) is 15.3 Å². The van der Waals surface area contributed by atoms with Crippen LogP contribution in [0.15, 0.2) is 0 Å². The molecule has 0 aromatic rings. The molecule has 0 saturated heterocycles. The Kier molecular flexibility index (Phi) is 11.6. The molecule has 0 bridgehead atoms. The van der Waals surface area contributed by atoms with Crippen molar-refractivity contribution in [1.29, 1.82) is 0 Å². The Hall–Kier alpha value is -0.0666. The van der Waals surface area contributed by atoms with Crippen LogP contribution in [-0.2, 0) is 24.0 Å². The fourth-order valence-corrected chi connectivity index (χ4v) is 0. The standard InChI is InChI=1S/NO3.H3O4P.Zn/c2-1(3)4;1-5(2,3)4;/h;(H3,1,2,3,4);/q-1;;+2/p-1. The SMILES string of the molecule is O=P([O-])(O)O.O=[N+]([O-])[O-].[Zn+2]. The van der Waals surface area contributed by atoms with Crippen molar-refractivity contribution in [2.45, 2.75) is 0 Å². The van der Waals surface area contributed by atoms with Crippen LogP contribution in [0.4, 0.5) is 0 Å². The average Bonchev–Trinajstić information content (AvgIpc) is 1.19. The molecule has 0 aliphatic carbocycles. The molecule has 0 aliphatic heterocycles. The maximum absolute atomic E-state index is 8.77. The van der Waals surface area contributed by atoms with Gasteiger partial charge >= 0.3 is 19.5 Å². The van der Waals surface area contributed by atoms with Gasteiger partial charge in [-0.05, 0) is 0 Å². The summed E-state index contributed by atoms with van der Waals surface area (Å²) in [5, 5.41) is 14.8. The monoisotopic (exact) mass is 223 g/mol. The quantitative estimate of drug-likeness (QED) is 0.213. The Labute approximate surface area is 67.6 Å². The third kappa shape index (κ3) is 85900. The minimum atomic E-state index is -4.89. The van der Waals surface area contributed by atoms with E-state index >= 15 is 0 Å². The summed E-state index contributed by atoms with van der Waals surface area (Å²) in [5.41, 5.74) is 0. The molecule has 0 amide bonds. The van der Waals surface area contributed by atoms with Crippen molar-refractivity contribution in [2.75, 3.05) is 0 Å². The van der Waals surface area contributed by atoms with Crippen LogP contribution in [0.25, 0.3) is 0 Å². The zero-order valence-corrected chi connectivity index (χ0v) is 8.40.